The van der Waals surface area contributed by atoms with Crippen molar-refractivity contribution in [3.05, 3.63) is 48.3 Å². The largest absolute Gasteiger partial charge is 0.326 e. The minimum atomic E-state index is 0.0458. The SMILES string of the molecule is O=C(Nc1ccc2nnsc2c1)[C@@H]1CC1c1cccnc1. The van der Waals surface area contributed by atoms with Crippen LogP contribution in [-0.4, -0.2) is 20.5 Å². The maximum absolute atomic E-state index is 12.3. The molecule has 1 amide bonds. The highest BCUT2D eigenvalue weighted by atomic mass is 32.1. The number of pyridine rings is 1. The van der Waals surface area contributed by atoms with E-state index >= 15 is 0 Å². The van der Waals surface area contributed by atoms with Crippen LogP contribution in [0.2, 0.25) is 0 Å². The smallest absolute Gasteiger partial charge is 0.228 e. The molecule has 0 spiro atoms. The topological polar surface area (TPSA) is 67.8 Å². The summed E-state index contributed by atoms with van der Waals surface area (Å²) in [5.74, 6) is 0.415. The van der Waals surface area contributed by atoms with Crippen molar-refractivity contribution in [2.75, 3.05) is 5.32 Å². The number of nitrogens with zero attached hydrogens (tertiary/aromatic N) is 3. The average Bonchev–Trinajstić information content (AvgIpc) is 3.19. The summed E-state index contributed by atoms with van der Waals surface area (Å²) in [5, 5.41) is 6.96. The summed E-state index contributed by atoms with van der Waals surface area (Å²) in [6.07, 6.45) is 4.48. The molecule has 6 heteroatoms. The fourth-order valence-electron chi connectivity index (χ4n) is 2.54. The van der Waals surface area contributed by atoms with Crippen LogP contribution in [0.15, 0.2) is 42.7 Å². The summed E-state index contributed by atoms with van der Waals surface area (Å²) < 4.78 is 4.87. The van der Waals surface area contributed by atoms with Crippen molar-refractivity contribution in [1.82, 2.24) is 14.6 Å². The van der Waals surface area contributed by atoms with E-state index in [4.69, 9.17) is 0 Å². The number of amides is 1. The lowest BCUT2D eigenvalue weighted by Crippen LogP contribution is -2.14. The third-order valence-corrected chi connectivity index (χ3v) is 4.44. The molecule has 1 aromatic carbocycles. The molecule has 1 aliphatic rings. The molecule has 1 N–H and O–H groups in total. The van der Waals surface area contributed by atoms with Gasteiger partial charge in [0, 0.05) is 24.0 Å². The minimum absolute atomic E-state index is 0.0458. The molecule has 2 heterocycles. The Kier molecular flexibility index (Phi) is 2.89. The maximum atomic E-state index is 12.3. The van der Waals surface area contributed by atoms with Crippen LogP contribution < -0.4 is 5.32 Å². The highest BCUT2D eigenvalue weighted by Gasteiger charge is 2.44. The van der Waals surface area contributed by atoms with Gasteiger partial charge in [-0.3, -0.25) is 9.78 Å². The van der Waals surface area contributed by atoms with Gasteiger partial charge in [-0.05, 0) is 53.7 Å². The first kappa shape index (κ1) is 12.4. The zero-order valence-corrected chi connectivity index (χ0v) is 11.9. The molecule has 0 saturated heterocycles. The van der Waals surface area contributed by atoms with E-state index in [1.165, 1.54) is 11.5 Å². The first-order valence-electron chi connectivity index (χ1n) is 6.74. The number of carbonyl (C=O) groups excluding carboxylic acids is 1. The normalized spacial score (nSPS) is 20.4. The number of hydrogen-bond acceptors (Lipinski definition) is 5. The number of anilines is 1. The second kappa shape index (κ2) is 4.89. The number of hydrogen-bond donors (Lipinski definition) is 1. The minimum Gasteiger partial charge on any atom is -0.326 e. The van der Waals surface area contributed by atoms with Crippen LogP contribution in [0.1, 0.15) is 17.9 Å². The van der Waals surface area contributed by atoms with E-state index in [-0.39, 0.29) is 11.8 Å². The second-order valence-corrected chi connectivity index (χ2v) is 5.97. The average molecular weight is 296 g/mol. The Morgan fingerprint density at radius 2 is 2.29 bits per heavy atom. The van der Waals surface area contributed by atoms with Gasteiger partial charge >= 0.3 is 0 Å². The molecule has 1 fully saturated rings. The van der Waals surface area contributed by atoms with E-state index in [2.05, 4.69) is 19.9 Å². The number of aromatic nitrogens is 3. The Balaban J connectivity index is 1.47. The van der Waals surface area contributed by atoms with Crippen molar-refractivity contribution in [2.45, 2.75) is 12.3 Å². The first-order chi connectivity index (χ1) is 10.3. The fourth-order valence-corrected chi connectivity index (χ4v) is 3.14. The summed E-state index contributed by atoms with van der Waals surface area (Å²) in [6, 6.07) is 9.59. The molecule has 0 bridgehead atoms. The monoisotopic (exact) mass is 296 g/mol. The van der Waals surface area contributed by atoms with Gasteiger partial charge in [0.2, 0.25) is 5.91 Å². The molecular formula is C15H12N4OS. The standard InChI is InChI=1S/C15H12N4OS/c20-15(12-7-11(12)9-2-1-5-16-8-9)17-10-3-4-13-14(6-10)21-19-18-13/h1-6,8,11-12H,7H2,(H,17,20)/t11?,12-/m1/s1. The molecule has 0 radical (unpaired) electrons. The first-order valence-corrected chi connectivity index (χ1v) is 7.51. The number of nitrogens with one attached hydrogen (secondary N) is 1. The highest BCUT2D eigenvalue weighted by Crippen LogP contribution is 2.47. The molecule has 2 aromatic heterocycles. The zero-order valence-electron chi connectivity index (χ0n) is 11.1. The van der Waals surface area contributed by atoms with E-state index in [1.807, 2.05) is 36.5 Å². The summed E-state index contributed by atoms with van der Waals surface area (Å²) in [6.45, 7) is 0. The van der Waals surface area contributed by atoms with Gasteiger partial charge in [0.15, 0.2) is 0 Å². The Morgan fingerprint density at radius 3 is 3.14 bits per heavy atom. The number of carbonyl (C=O) groups is 1. The lowest BCUT2D eigenvalue weighted by molar-refractivity contribution is -0.117. The van der Waals surface area contributed by atoms with E-state index < -0.39 is 0 Å². The van der Waals surface area contributed by atoms with Crippen LogP contribution in [0.25, 0.3) is 10.2 Å². The van der Waals surface area contributed by atoms with Gasteiger partial charge in [0.1, 0.15) is 5.52 Å². The fraction of sp³-hybridized carbons (Fsp3) is 0.200. The van der Waals surface area contributed by atoms with Crippen LogP contribution in [0.4, 0.5) is 5.69 Å². The van der Waals surface area contributed by atoms with E-state index in [0.29, 0.717) is 5.92 Å². The molecular weight excluding hydrogens is 284 g/mol. The quantitative estimate of drug-likeness (QED) is 0.807. The van der Waals surface area contributed by atoms with Gasteiger partial charge in [-0.2, -0.15) is 0 Å². The number of rotatable bonds is 3. The van der Waals surface area contributed by atoms with E-state index in [9.17, 15) is 4.79 Å². The molecule has 0 aliphatic heterocycles. The second-order valence-electron chi connectivity index (χ2n) is 5.18. The molecule has 1 saturated carbocycles. The lowest BCUT2D eigenvalue weighted by atomic mass is 10.1. The summed E-state index contributed by atoms with van der Waals surface area (Å²) >= 11 is 1.33. The Morgan fingerprint density at radius 1 is 1.33 bits per heavy atom. The van der Waals surface area contributed by atoms with Crippen LogP contribution in [0.5, 0.6) is 0 Å². The molecule has 1 unspecified atom stereocenters. The Hall–Kier alpha value is -2.34. The highest BCUT2D eigenvalue weighted by molar-refractivity contribution is 7.12. The van der Waals surface area contributed by atoms with E-state index in [1.54, 1.807) is 6.20 Å². The summed E-state index contributed by atoms with van der Waals surface area (Å²) in [5.41, 5.74) is 2.80. The zero-order chi connectivity index (χ0) is 14.2. The van der Waals surface area contributed by atoms with Crippen molar-refractivity contribution in [2.24, 2.45) is 5.92 Å². The van der Waals surface area contributed by atoms with Gasteiger partial charge in [-0.1, -0.05) is 10.6 Å². The van der Waals surface area contributed by atoms with Gasteiger partial charge in [0.05, 0.1) is 4.70 Å². The third kappa shape index (κ3) is 2.38. The van der Waals surface area contributed by atoms with Crippen molar-refractivity contribution >= 4 is 33.3 Å². The third-order valence-electron chi connectivity index (χ3n) is 3.75. The van der Waals surface area contributed by atoms with Gasteiger partial charge in [-0.25, -0.2) is 0 Å². The van der Waals surface area contributed by atoms with Crippen molar-refractivity contribution in [1.29, 1.82) is 0 Å². The molecule has 5 nitrogen and oxygen atoms in total. The van der Waals surface area contributed by atoms with E-state index in [0.717, 1.165) is 27.9 Å². The molecule has 2 atom stereocenters. The van der Waals surface area contributed by atoms with Gasteiger partial charge in [-0.15, -0.1) is 5.10 Å². The number of fused-ring (bicyclic) bond motifs is 1. The van der Waals surface area contributed by atoms with Crippen LogP contribution in [0.3, 0.4) is 0 Å². The van der Waals surface area contributed by atoms with Crippen LogP contribution in [0, 0.1) is 5.92 Å². The van der Waals surface area contributed by atoms with Gasteiger partial charge in [0.25, 0.3) is 0 Å². The van der Waals surface area contributed by atoms with Crippen molar-refractivity contribution in [3.63, 3.8) is 0 Å². The van der Waals surface area contributed by atoms with Crippen molar-refractivity contribution < 1.29 is 4.79 Å². The molecule has 104 valence electrons. The lowest BCUT2D eigenvalue weighted by Gasteiger charge is -2.04. The molecule has 4 rings (SSSR count). The summed E-state index contributed by atoms with van der Waals surface area (Å²) in [7, 11) is 0. The van der Waals surface area contributed by atoms with Crippen LogP contribution in [-0.2, 0) is 4.79 Å². The predicted molar refractivity (Wildman–Crippen MR) is 81.1 cm³/mol. The van der Waals surface area contributed by atoms with Crippen LogP contribution >= 0.6 is 11.5 Å². The van der Waals surface area contributed by atoms with Crippen molar-refractivity contribution in [3.8, 4) is 0 Å². The molecule has 3 aromatic rings. The number of benzene rings is 1. The maximum Gasteiger partial charge on any atom is 0.228 e. The predicted octanol–water partition coefficient (Wildman–Crippen LogP) is 2.83. The molecule has 21 heavy (non-hydrogen) atoms. The summed E-state index contributed by atoms with van der Waals surface area (Å²) in [4.78, 5) is 16.4. The van der Waals surface area contributed by atoms with Gasteiger partial charge < -0.3 is 5.32 Å². The Labute approximate surface area is 125 Å². The Bertz CT molecular complexity index is 802. The molecule has 1 aliphatic carbocycles.